The second-order valence-corrected chi connectivity index (χ2v) is 5.68. The molecule has 8 heteroatoms. The second kappa shape index (κ2) is 6.77. The number of ether oxygens (including phenoxy) is 1. The normalized spacial score (nSPS) is 10.4. The predicted octanol–water partition coefficient (Wildman–Crippen LogP) is 3.46. The van der Waals surface area contributed by atoms with Gasteiger partial charge < -0.3 is 14.3 Å². The third-order valence-electron chi connectivity index (χ3n) is 2.34. The molecule has 0 bridgehead atoms. The van der Waals surface area contributed by atoms with Gasteiger partial charge in [0, 0.05) is 9.37 Å². The third-order valence-corrected chi connectivity index (χ3v) is 3.75. The highest BCUT2D eigenvalue weighted by Gasteiger charge is 2.17. The van der Waals surface area contributed by atoms with E-state index in [1.165, 1.54) is 12.3 Å². The number of halogens is 1. The first-order chi connectivity index (χ1) is 10.0. The molecule has 0 fully saturated rings. The van der Waals surface area contributed by atoms with Crippen molar-refractivity contribution in [3.63, 3.8) is 0 Å². The molecule has 0 aliphatic rings. The Balaban J connectivity index is 2.24. The highest BCUT2D eigenvalue weighted by molar-refractivity contribution is 9.10. The predicted molar refractivity (Wildman–Crippen MR) is 77.7 cm³/mol. The molecule has 6 nitrogen and oxygen atoms in total. The van der Waals surface area contributed by atoms with Crippen LogP contribution >= 0.6 is 27.7 Å². The Morgan fingerprint density at radius 3 is 2.90 bits per heavy atom. The fourth-order valence-corrected chi connectivity index (χ4v) is 2.85. The SMILES string of the molecule is CCOC(=O)c1coc(Sc2cc(Br)ccc2C(=O)O)n1. The fourth-order valence-electron chi connectivity index (χ4n) is 1.45. The Labute approximate surface area is 132 Å². The molecule has 0 radical (unpaired) electrons. The van der Waals surface area contributed by atoms with E-state index < -0.39 is 11.9 Å². The first-order valence-electron chi connectivity index (χ1n) is 5.84. The Morgan fingerprint density at radius 2 is 2.24 bits per heavy atom. The zero-order chi connectivity index (χ0) is 15.4. The van der Waals surface area contributed by atoms with Gasteiger partial charge in [0.15, 0.2) is 5.69 Å². The molecule has 1 aromatic carbocycles. The second-order valence-electron chi connectivity index (χ2n) is 3.77. The van der Waals surface area contributed by atoms with E-state index in [0.717, 1.165) is 16.2 Å². The molecule has 2 aromatic rings. The Kier molecular flexibility index (Phi) is 5.03. The smallest absolute Gasteiger partial charge is 0.360 e. The summed E-state index contributed by atoms with van der Waals surface area (Å²) in [4.78, 5) is 27.1. The van der Waals surface area contributed by atoms with Crippen molar-refractivity contribution in [2.24, 2.45) is 0 Å². The molecular weight excluding hydrogens is 362 g/mol. The van der Waals surface area contributed by atoms with Crippen LogP contribution in [-0.4, -0.2) is 28.6 Å². The molecule has 110 valence electrons. The van der Waals surface area contributed by atoms with Crippen molar-refractivity contribution >= 4 is 39.6 Å². The minimum Gasteiger partial charge on any atom is -0.478 e. The van der Waals surface area contributed by atoms with E-state index in [-0.39, 0.29) is 23.1 Å². The van der Waals surface area contributed by atoms with Gasteiger partial charge in [0.2, 0.25) is 0 Å². The summed E-state index contributed by atoms with van der Waals surface area (Å²) in [7, 11) is 0. The van der Waals surface area contributed by atoms with Crippen LogP contribution in [-0.2, 0) is 4.74 Å². The number of carboxylic acid groups (broad SMARTS) is 1. The number of oxazole rings is 1. The lowest BCUT2D eigenvalue weighted by atomic mass is 10.2. The summed E-state index contributed by atoms with van der Waals surface area (Å²) in [5.74, 6) is -1.64. The maximum Gasteiger partial charge on any atom is 0.360 e. The van der Waals surface area contributed by atoms with Crippen LogP contribution in [0.25, 0.3) is 0 Å². The third kappa shape index (κ3) is 3.85. The molecule has 0 saturated carbocycles. The number of esters is 1. The molecule has 0 amide bonds. The molecule has 0 aliphatic carbocycles. The number of hydrogen-bond donors (Lipinski definition) is 1. The van der Waals surface area contributed by atoms with Crippen LogP contribution in [0.2, 0.25) is 0 Å². The van der Waals surface area contributed by atoms with Crippen molar-refractivity contribution in [1.29, 1.82) is 0 Å². The summed E-state index contributed by atoms with van der Waals surface area (Å²) in [5.41, 5.74) is 0.172. The molecule has 21 heavy (non-hydrogen) atoms. The van der Waals surface area contributed by atoms with Crippen molar-refractivity contribution in [3.8, 4) is 0 Å². The van der Waals surface area contributed by atoms with Gasteiger partial charge >= 0.3 is 11.9 Å². The quantitative estimate of drug-likeness (QED) is 0.804. The summed E-state index contributed by atoms with van der Waals surface area (Å²) >= 11 is 4.29. The number of nitrogens with zero attached hydrogens (tertiary/aromatic N) is 1. The van der Waals surface area contributed by atoms with Crippen LogP contribution in [0.15, 0.2) is 43.5 Å². The Hall–Kier alpha value is -1.80. The molecule has 0 spiro atoms. The minimum absolute atomic E-state index is 0.0474. The number of carbonyl (C=O) groups excluding carboxylic acids is 1. The summed E-state index contributed by atoms with van der Waals surface area (Å²) in [6.45, 7) is 1.93. The van der Waals surface area contributed by atoms with Crippen molar-refractivity contribution in [1.82, 2.24) is 4.98 Å². The van der Waals surface area contributed by atoms with Crippen LogP contribution in [0.4, 0.5) is 0 Å². The Morgan fingerprint density at radius 1 is 1.48 bits per heavy atom. The van der Waals surface area contributed by atoms with Crippen LogP contribution in [0.3, 0.4) is 0 Å². The van der Waals surface area contributed by atoms with Crippen molar-refractivity contribution in [2.45, 2.75) is 17.0 Å². The molecular formula is C13H10BrNO5S. The summed E-state index contributed by atoms with van der Waals surface area (Å²) in [6, 6.07) is 4.75. The number of hydrogen-bond acceptors (Lipinski definition) is 6. The monoisotopic (exact) mass is 371 g/mol. The molecule has 1 heterocycles. The number of benzene rings is 1. The van der Waals surface area contributed by atoms with Gasteiger partial charge in [0.25, 0.3) is 5.22 Å². The number of carboxylic acids is 1. The molecule has 1 N–H and O–H groups in total. The van der Waals surface area contributed by atoms with Gasteiger partial charge in [-0.3, -0.25) is 0 Å². The highest BCUT2D eigenvalue weighted by Crippen LogP contribution is 2.32. The van der Waals surface area contributed by atoms with Gasteiger partial charge in [0.1, 0.15) is 6.26 Å². The lowest BCUT2D eigenvalue weighted by Gasteiger charge is -2.03. The van der Waals surface area contributed by atoms with Crippen LogP contribution in [0, 0.1) is 0 Å². The van der Waals surface area contributed by atoms with Gasteiger partial charge in [-0.15, -0.1) is 0 Å². The van der Waals surface area contributed by atoms with E-state index in [0.29, 0.717) is 4.90 Å². The van der Waals surface area contributed by atoms with Crippen molar-refractivity contribution < 1.29 is 23.8 Å². The summed E-state index contributed by atoms with van der Waals surface area (Å²) < 4.78 is 10.7. The van der Waals surface area contributed by atoms with Crippen LogP contribution in [0.5, 0.6) is 0 Å². The van der Waals surface area contributed by atoms with Crippen molar-refractivity contribution in [2.75, 3.05) is 6.61 Å². The summed E-state index contributed by atoms with van der Waals surface area (Å²) in [6.07, 6.45) is 1.18. The number of rotatable bonds is 5. The molecule has 1 aromatic heterocycles. The van der Waals surface area contributed by atoms with Crippen LogP contribution < -0.4 is 0 Å². The average Bonchev–Trinajstić information content (AvgIpc) is 2.87. The Bertz CT molecular complexity index is 685. The molecule has 0 saturated heterocycles. The zero-order valence-corrected chi connectivity index (χ0v) is 13.2. The minimum atomic E-state index is -1.05. The van der Waals surface area contributed by atoms with Gasteiger partial charge in [-0.2, -0.15) is 4.98 Å². The van der Waals surface area contributed by atoms with Crippen molar-refractivity contribution in [3.05, 3.63) is 40.2 Å². The highest BCUT2D eigenvalue weighted by atomic mass is 79.9. The first-order valence-corrected chi connectivity index (χ1v) is 7.45. The maximum atomic E-state index is 11.5. The number of aromatic nitrogens is 1. The molecule has 0 unspecified atom stereocenters. The molecule has 0 atom stereocenters. The van der Waals surface area contributed by atoms with E-state index in [1.807, 2.05) is 0 Å². The lowest BCUT2D eigenvalue weighted by Crippen LogP contribution is -2.04. The largest absolute Gasteiger partial charge is 0.478 e. The van der Waals surface area contributed by atoms with Gasteiger partial charge in [-0.05, 0) is 36.9 Å². The zero-order valence-electron chi connectivity index (χ0n) is 10.8. The standard InChI is InChI=1S/C13H10BrNO5S/c1-2-19-12(18)9-6-20-13(15-9)21-10-5-7(14)3-4-8(10)11(16)17/h3-6H,2H2,1H3,(H,16,17). The van der Waals surface area contributed by atoms with Gasteiger partial charge in [-0.1, -0.05) is 15.9 Å². The van der Waals surface area contributed by atoms with Crippen LogP contribution in [0.1, 0.15) is 27.8 Å². The van der Waals surface area contributed by atoms with E-state index in [4.69, 9.17) is 14.3 Å². The van der Waals surface area contributed by atoms with E-state index in [1.54, 1.807) is 19.1 Å². The van der Waals surface area contributed by atoms with E-state index >= 15 is 0 Å². The topological polar surface area (TPSA) is 89.6 Å². The van der Waals surface area contributed by atoms with Gasteiger partial charge in [0.05, 0.1) is 12.2 Å². The van der Waals surface area contributed by atoms with E-state index in [2.05, 4.69) is 20.9 Å². The first kappa shape index (κ1) is 15.6. The molecule has 0 aliphatic heterocycles. The average molecular weight is 372 g/mol. The van der Waals surface area contributed by atoms with E-state index in [9.17, 15) is 9.59 Å². The lowest BCUT2D eigenvalue weighted by molar-refractivity contribution is 0.0518. The molecule has 2 rings (SSSR count). The number of aromatic carboxylic acids is 1. The summed E-state index contributed by atoms with van der Waals surface area (Å²) in [5, 5.41) is 9.31. The van der Waals surface area contributed by atoms with Gasteiger partial charge in [-0.25, -0.2) is 9.59 Å². The maximum absolute atomic E-state index is 11.5. The fraction of sp³-hybridized carbons (Fsp3) is 0.154. The number of carbonyl (C=O) groups is 2.